The molecule has 178 valence electrons. The molecule has 0 bridgehead atoms. The predicted molar refractivity (Wildman–Crippen MR) is 133 cm³/mol. The molecular formula is C26H33O6P. The third kappa shape index (κ3) is 10.6. The first-order valence-electron chi connectivity index (χ1n) is 10.8. The van der Waals surface area contributed by atoms with Crippen LogP contribution < -0.4 is 10.6 Å². The molecule has 3 rings (SSSR count). The lowest BCUT2D eigenvalue weighted by Gasteiger charge is -2.11. The van der Waals surface area contributed by atoms with Gasteiger partial charge < -0.3 is 20.2 Å². The molecule has 0 aliphatic heterocycles. The van der Waals surface area contributed by atoms with Crippen LogP contribution in [0.25, 0.3) is 0 Å². The number of aromatic carboxylic acids is 1. The maximum atomic E-state index is 12.2. The van der Waals surface area contributed by atoms with E-state index in [2.05, 4.69) is 0 Å². The molecule has 0 aliphatic carbocycles. The van der Waals surface area contributed by atoms with E-state index in [1.54, 1.807) is 78.9 Å². The van der Waals surface area contributed by atoms with E-state index >= 15 is 0 Å². The largest absolute Gasteiger partial charge is 0.478 e. The van der Waals surface area contributed by atoms with E-state index in [9.17, 15) is 14.3 Å². The number of carboxylic acids is 1. The molecule has 0 saturated carbocycles. The van der Waals surface area contributed by atoms with Crippen molar-refractivity contribution >= 4 is 23.9 Å². The fraction of sp³-hybridized carbons (Fsp3) is 0.269. The quantitative estimate of drug-likeness (QED) is 0.383. The second-order valence-corrected chi connectivity index (χ2v) is 9.46. The molecule has 0 heterocycles. The highest BCUT2D eigenvalue weighted by molar-refractivity contribution is 7.73. The zero-order valence-corrected chi connectivity index (χ0v) is 19.9. The van der Waals surface area contributed by atoms with E-state index in [0.29, 0.717) is 22.6 Å². The smallest absolute Gasteiger partial charge is 0.335 e. The highest BCUT2D eigenvalue weighted by atomic mass is 31.2. The van der Waals surface area contributed by atoms with Crippen LogP contribution in [0.4, 0.5) is 0 Å². The maximum absolute atomic E-state index is 12.2. The van der Waals surface area contributed by atoms with E-state index in [1.807, 2.05) is 26.0 Å². The minimum atomic E-state index is -3.40. The third-order valence-electron chi connectivity index (χ3n) is 4.72. The van der Waals surface area contributed by atoms with Crippen LogP contribution in [0.1, 0.15) is 43.5 Å². The molecule has 7 heteroatoms. The van der Waals surface area contributed by atoms with Crippen molar-refractivity contribution in [2.24, 2.45) is 0 Å². The summed E-state index contributed by atoms with van der Waals surface area (Å²) in [6.45, 7) is 3.82. The van der Waals surface area contributed by atoms with Gasteiger partial charge in [0.2, 0.25) is 0 Å². The summed E-state index contributed by atoms with van der Waals surface area (Å²) >= 11 is 0. The molecule has 0 amide bonds. The molecule has 3 aromatic carbocycles. The summed E-state index contributed by atoms with van der Waals surface area (Å²) in [5.41, 5.74) is 0.331. The highest BCUT2D eigenvalue weighted by Gasteiger charge is 2.22. The Hall–Kier alpha value is -2.76. The Morgan fingerprint density at radius 3 is 1.33 bits per heavy atom. The van der Waals surface area contributed by atoms with Crippen LogP contribution in [-0.4, -0.2) is 38.4 Å². The van der Waals surface area contributed by atoms with Crippen LogP contribution >= 0.6 is 7.37 Å². The maximum Gasteiger partial charge on any atom is 0.335 e. The minimum absolute atomic E-state index is 0.319. The van der Waals surface area contributed by atoms with Gasteiger partial charge in [0.05, 0.1) is 17.8 Å². The lowest BCUT2D eigenvalue weighted by atomic mass is 10.1. The summed E-state index contributed by atoms with van der Waals surface area (Å²) in [5, 5.41) is 27.3. The molecule has 0 spiro atoms. The zero-order valence-electron chi connectivity index (χ0n) is 19.0. The molecule has 0 fully saturated rings. The van der Waals surface area contributed by atoms with Gasteiger partial charge in [-0.1, -0.05) is 68.4 Å². The first-order chi connectivity index (χ1) is 15.7. The van der Waals surface area contributed by atoms with Crippen LogP contribution in [0.15, 0.2) is 91.0 Å². The first-order valence-corrected chi connectivity index (χ1v) is 12.5. The summed E-state index contributed by atoms with van der Waals surface area (Å²) in [7, 11) is -3.40. The van der Waals surface area contributed by atoms with Crippen molar-refractivity contribution < 1.29 is 29.6 Å². The number of hydrogen-bond donors (Lipinski definition) is 4. The van der Waals surface area contributed by atoms with Crippen LogP contribution in [0, 0.1) is 0 Å². The van der Waals surface area contributed by atoms with Gasteiger partial charge in [-0.25, -0.2) is 4.79 Å². The Labute approximate surface area is 195 Å². The average molecular weight is 473 g/mol. The molecule has 0 saturated heterocycles. The van der Waals surface area contributed by atoms with E-state index in [1.165, 1.54) is 0 Å². The van der Waals surface area contributed by atoms with Crippen LogP contribution in [-0.2, 0) is 4.57 Å². The Bertz CT molecular complexity index is 912. The second kappa shape index (κ2) is 15.1. The fourth-order valence-electron chi connectivity index (χ4n) is 2.64. The van der Waals surface area contributed by atoms with E-state index in [-0.39, 0.29) is 12.2 Å². The molecule has 0 aromatic heterocycles. The van der Waals surface area contributed by atoms with Gasteiger partial charge in [0.1, 0.15) is 0 Å². The number of carboxylic acid groups (broad SMARTS) is 1. The summed E-state index contributed by atoms with van der Waals surface area (Å²) in [4.78, 5) is 20.2. The van der Waals surface area contributed by atoms with Crippen molar-refractivity contribution in [2.45, 2.75) is 45.3 Å². The van der Waals surface area contributed by atoms with Gasteiger partial charge in [-0.3, -0.25) is 4.57 Å². The van der Waals surface area contributed by atoms with Gasteiger partial charge in [0.25, 0.3) is 7.37 Å². The number of benzene rings is 3. The average Bonchev–Trinajstić information content (AvgIpc) is 2.86. The van der Waals surface area contributed by atoms with Gasteiger partial charge in [-0.15, -0.1) is 0 Å². The number of aliphatic hydroxyl groups is 2. The second-order valence-electron chi connectivity index (χ2n) is 7.28. The lowest BCUT2D eigenvalue weighted by Crippen LogP contribution is -2.15. The summed E-state index contributed by atoms with van der Waals surface area (Å²) in [6, 6.07) is 25.7. The highest BCUT2D eigenvalue weighted by Crippen LogP contribution is 2.37. The van der Waals surface area contributed by atoms with Gasteiger partial charge in [0, 0.05) is 10.6 Å². The van der Waals surface area contributed by atoms with Crippen molar-refractivity contribution in [3.63, 3.8) is 0 Å². The molecule has 3 aromatic rings. The molecule has 0 radical (unpaired) electrons. The van der Waals surface area contributed by atoms with Crippen molar-refractivity contribution in [1.82, 2.24) is 0 Å². The monoisotopic (exact) mass is 472 g/mol. The Morgan fingerprint density at radius 2 is 1.06 bits per heavy atom. The lowest BCUT2D eigenvalue weighted by molar-refractivity contribution is 0.0696. The molecule has 2 atom stereocenters. The third-order valence-corrected chi connectivity index (χ3v) is 6.72. The van der Waals surface area contributed by atoms with Gasteiger partial charge in [-0.05, 0) is 55.7 Å². The predicted octanol–water partition coefficient (Wildman–Crippen LogP) is 4.21. The molecule has 0 aliphatic rings. The molecule has 33 heavy (non-hydrogen) atoms. The summed E-state index contributed by atoms with van der Waals surface area (Å²) in [5.74, 6) is -0.879. The van der Waals surface area contributed by atoms with E-state index < -0.39 is 13.3 Å². The number of aliphatic hydroxyl groups excluding tert-OH is 2. The number of rotatable bonds is 7. The number of carbonyl (C=O) groups is 1. The van der Waals surface area contributed by atoms with Crippen LogP contribution in [0.5, 0.6) is 0 Å². The Balaban J connectivity index is 0.000000264. The van der Waals surface area contributed by atoms with Gasteiger partial charge in [0.15, 0.2) is 0 Å². The molecular weight excluding hydrogens is 439 g/mol. The van der Waals surface area contributed by atoms with Crippen LogP contribution in [0.3, 0.4) is 0 Å². The SMILES string of the molecule is CCC(O)CC(O)CC.O=C(O)c1ccccc1.O=P(O)(c1ccccc1)c1ccccc1. The fourth-order valence-corrected chi connectivity index (χ4v) is 4.09. The summed E-state index contributed by atoms with van der Waals surface area (Å²) < 4.78 is 12.2. The zero-order chi connectivity index (χ0) is 24.7. The van der Waals surface area contributed by atoms with E-state index in [4.69, 9.17) is 15.3 Å². The normalized spacial score (nSPS) is 12.3. The van der Waals surface area contributed by atoms with Crippen molar-refractivity contribution in [3.8, 4) is 0 Å². The topological polar surface area (TPSA) is 115 Å². The van der Waals surface area contributed by atoms with E-state index in [0.717, 1.165) is 12.8 Å². The molecule has 2 unspecified atom stereocenters. The Kier molecular flexibility index (Phi) is 13.0. The van der Waals surface area contributed by atoms with Crippen molar-refractivity contribution in [2.75, 3.05) is 0 Å². The van der Waals surface area contributed by atoms with Gasteiger partial charge in [-0.2, -0.15) is 0 Å². The van der Waals surface area contributed by atoms with Gasteiger partial charge >= 0.3 is 5.97 Å². The molecule has 6 nitrogen and oxygen atoms in total. The van der Waals surface area contributed by atoms with Crippen molar-refractivity contribution in [3.05, 3.63) is 96.6 Å². The summed E-state index contributed by atoms with van der Waals surface area (Å²) in [6.07, 6.45) is 1.35. The Morgan fingerprint density at radius 1 is 0.727 bits per heavy atom. The standard InChI is InChI=1S/C12H11O2P.C7H6O2.C7H16O2/c13-15(14,11-7-3-1-4-8-11)12-9-5-2-6-10-12;8-7(9)6-4-2-1-3-5-6;1-3-6(8)5-7(9)4-2/h1-10H,(H,13,14);1-5H,(H,8,9);6-9H,3-5H2,1-2H3. The number of hydrogen-bond acceptors (Lipinski definition) is 4. The molecule has 4 N–H and O–H groups in total. The van der Waals surface area contributed by atoms with Crippen molar-refractivity contribution in [1.29, 1.82) is 0 Å². The van der Waals surface area contributed by atoms with Crippen LogP contribution in [0.2, 0.25) is 0 Å². The minimum Gasteiger partial charge on any atom is -0.478 e. The first kappa shape index (κ1) is 28.3.